The van der Waals surface area contributed by atoms with Crippen molar-refractivity contribution in [2.45, 2.75) is 13.3 Å². The maximum absolute atomic E-state index is 12.1. The molecule has 0 spiro atoms. The SMILES string of the molecule is CC1=CCCN(C(=O)N2CCOCC2)C1. The first-order chi connectivity index (χ1) is 7.27. The topological polar surface area (TPSA) is 32.8 Å². The second-order valence-corrected chi connectivity index (χ2v) is 4.14. The number of nitrogens with zero attached hydrogens (tertiary/aromatic N) is 2. The van der Waals surface area contributed by atoms with Crippen molar-refractivity contribution in [3.8, 4) is 0 Å². The van der Waals surface area contributed by atoms with Crippen LogP contribution in [-0.4, -0.2) is 55.2 Å². The van der Waals surface area contributed by atoms with E-state index in [0.29, 0.717) is 13.2 Å². The van der Waals surface area contributed by atoms with Gasteiger partial charge in [-0.1, -0.05) is 11.6 Å². The Labute approximate surface area is 90.5 Å². The monoisotopic (exact) mass is 210 g/mol. The highest BCUT2D eigenvalue weighted by Crippen LogP contribution is 2.12. The summed E-state index contributed by atoms with van der Waals surface area (Å²) in [6.45, 7) is 6.54. The lowest BCUT2D eigenvalue weighted by atomic mass is 10.1. The first kappa shape index (κ1) is 10.5. The van der Waals surface area contributed by atoms with E-state index in [1.807, 2.05) is 9.80 Å². The van der Waals surface area contributed by atoms with Crippen LogP contribution in [0.3, 0.4) is 0 Å². The van der Waals surface area contributed by atoms with Crippen LogP contribution in [0.25, 0.3) is 0 Å². The molecule has 1 saturated heterocycles. The Balaban J connectivity index is 1.92. The largest absolute Gasteiger partial charge is 0.378 e. The van der Waals surface area contributed by atoms with Crippen LogP contribution in [0, 0.1) is 0 Å². The number of carbonyl (C=O) groups is 1. The molecule has 2 rings (SSSR count). The van der Waals surface area contributed by atoms with Crippen molar-refractivity contribution in [2.24, 2.45) is 0 Å². The smallest absolute Gasteiger partial charge is 0.320 e. The van der Waals surface area contributed by atoms with Gasteiger partial charge in [0, 0.05) is 26.2 Å². The molecule has 0 aromatic rings. The van der Waals surface area contributed by atoms with Crippen LogP contribution in [0.5, 0.6) is 0 Å². The third kappa shape index (κ3) is 2.50. The summed E-state index contributed by atoms with van der Waals surface area (Å²) in [5.41, 5.74) is 1.29. The van der Waals surface area contributed by atoms with Crippen molar-refractivity contribution in [2.75, 3.05) is 39.4 Å². The van der Waals surface area contributed by atoms with Crippen LogP contribution in [-0.2, 0) is 4.74 Å². The molecule has 0 radical (unpaired) electrons. The fourth-order valence-electron chi connectivity index (χ4n) is 2.03. The van der Waals surface area contributed by atoms with Crippen LogP contribution in [0.15, 0.2) is 11.6 Å². The van der Waals surface area contributed by atoms with Crippen molar-refractivity contribution in [3.05, 3.63) is 11.6 Å². The highest BCUT2D eigenvalue weighted by atomic mass is 16.5. The highest BCUT2D eigenvalue weighted by Gasteiger charge is 2.23. The molecule has 0 saturated carbocycles. The zero-order valence-corrected chi connectivity index (χ0v) is 9.24. The van der Waals surface area contributed by atoms with E-state index < -0.39 is 0 Å². The fraction of sp³-hybridized carbons (Fsp3) is 0.727. The van der Waals surface area contributed by atoms with Crippen molar-refractivity contribution in [3.63, 3.8) is 0 Å². The van der Waals surface area contributed by atoms with Crippen molar-refractivity contribution < 1.29 is 9.53 Å². The molecule has 15 heavy (non-hydrogen) atoms. The van der Waals surface area contributed by atoms with Crippen LogP contribution in [0.2, 0.25) is 0 Å². The van der Waals surface area contributed by atoms with Gasteiger partial charge in [0.05, 0.1) is 13.2 Å². The second kappa shape index (κ2) is 4.66. The standard InChI is InChI=1S/C11H18N2O2/c1-10-3-2-4-13(9-10)11(14)12-5-7-15-8-6-12/h3H,2,4-9H2,1H3. The molecule has 4 nitrogen and oxygen atoms in total. The Morgan fingerprint density at radius 2 is 2.00 bits per heavy atom. The minimum Gasteiger partial charge on any atom is -0.378 e. The highest BCUT2D eigenvalue weighted by molar-refractivity contribution is 5.75. The Kier molecular flexibility index (Phi) is 3.26. The number of ether oxygens (including phenoxy) is 1. The van der Waals surface area contributed by atoms with E-state index in [2.05, 4.69) is 13.0 Å². The Morgan fingerprint density at radius 3 is 2.67 bits per heavy atom. The lowest BCUT2D eigenvalue weighted by Crippen LogP contribution is -2.49. The molecule has 0 N–H and O–H groups in total. The number of morpholine rings is 1. The molecule has 1 fully saturated rings. The van der Waals surface area contributed by atoms with Crippen molar-refractivity contribution >= 4 is 6.03 Å². The summed E-state index contributed by atoms with van der Waals surface area (Å²) in [4.78, 5) is 15.9. The van der Waals surface area contributed by atoms with E-state index >= 15 is 0 Å². The van der Waals surface area contributed by atoms with Gasteiger partial charge in [0.25, 0.3) is 0 Å². The second-order valence-electron chi connectivity index (χ2n) is 4.14. The number of carbonyl (C=O) groups excluding carboxylic acids is 1. The molecular weight excluding hydrogens is 192 g/mol. The summed E-state index contributed by atoms with van der Waals surface area (Å²) in [5.74, 6) is 0. The summed E-state index contributed by atoms with van der Waals surface area (Å²) in [6.07, 6.45) is 3.20. The van der Waals surface area contributed by atoms with Gasteiger partial charge in [-0.25, -0.2) is 4.79 Å². The van der Waals surface area contributed by atoms with Crippen LogP contribution >= 0.6 is 0 Å². The molecule has 2 amide bonds. The predicted molar refractivity (Wildman–Crippen MR) is 57.7 cm³/mol. The predicted octanol–water partition coefficient (Wildman–Crippen LogP) is 1.09. The number of rotatable bonds is 0. The number of hydrogen-bond donors (Lipinski definition) is 0. The van der Waals surface area contributed by atoms with Gasteiger partial charge in [-0.2, -0.15) is 0 Å². The van der Waals surface area contributed by atoms with Crippen molar-refractivity contribution in [1.29, 1.82) is 0 Å². The molecule has 0 aromatic heterocycles. The first-order valence-electron chi connectivity index (χ1n) is 5.54. The minimum absolute atomic E-state index is 0.172. The number of amides is 2. The molecule has 0 unspecified atom stereocenters. The van der Waals surface area contributed by atoms with Gasteiger partial charge >= 0.3 is 6.03 Å². The van der Waals surface area contributed by atoms with Crippen molar-refractivity contribution in [1.82, 2.24) is 9.80 Å². The fourth-order valence-corrected chi connectivity index (χ4v) is 2.03. The van der Waals surface area contributed by atoms with Gasteiger partial charge in [-0.15, -0.1) is 0 Å². The normalized spacial score (nSPS) is 22.6. The van der Waals surface area contributed by atoms with Crippen LogP contribution < -0.4 is 0 Å². The zero-order valence-electron chi connectivity index (χ0n) is 9.24. The molecule has 84 valence electrons. The molecule has 0 aromatic carbocycles. The van der Waals surface area contributed by atoms with Gasteiger partial charge in [0.1, 0.15) is 0 Å². The van der Waals surface area contributed by atoms with Gasteiger partial charge in [-0.3, -0.25) is 0 Å². The summed E-state index contributed by atoms with van der Waals surface area (Å²) in [6, 6.07) is 0.172. The molecule has 0 aliphatic carbocycles. The molecular formula is C11H18N2O2. The summed E-state index contributed by atoms with van der Waals surface area (Å²) in [7, 11) is 0. The quantitative estimate of drug-likeness (QED) is 0.561. The third-order valence-corrected chi connectivity index (χ3v) is 2.88. The number of hydrogen-bond acceptors (Lipinski definition) is 2. The lowest BCUT2D eigenvalue weighted by molar-refractivity contribution is 0.0438. The lowest BCUT2D eigenvalue weighted by Gasteiger charge is -2.34. The third-order valence-electron chi connectivity index (χ3n) is 2.88. The van der Waals surface area contributed by atoms with E-state index in [9.17, 15) is 4.79 Å². The Bertz CT molecular complexity index is 270. The van der Waals surface area contributed by atoms with E-state index in [-0.39, 0.29) is 6.03 Å². The molecule has 2 aliphatic rings. The molecule has 4 heteroatoms. The van der Waals surface area contributed by atoms with E-state index in [1.165, 1.54) is 5.57 Å². The maximum Gasteiger partial charge on any atom is 0.320 e. The van der Waals surface area contributed by atoms with Gasteiger partial charge < -0.3 is 14.5 Å². The summed E-state index contributed by atoms with van der Waals surface area (Å²) < 4.78 is 5.23. The zero-order chi connectivity index (χ0) is 10.7. The molecule has 0 atom stereocenters. The van der Waals surface area contributed by atoms with E-state index in [1.54, 1.807) is 0 Å². The van der Waals surface area contributed by atoms with Gasteiger partial charge in [0.15, 0.2) is 0 Å². The van der Waals surface area contributed by atoms with Gasteiger partial charge in [0.2, 0.25) is 0 Å². The average molecular weight is 210 g/mol. The Morgan fingerprint density at radius 1 is 1.27 bits per heavy atom. The van der Waals surface area contributed by atoms with E-state index in [4.69, 9.17) is 4.74 Å². The van der Waals surface area contributed by atoms with Crippen LogP contribution in [0.1, 0.15) is 13.3 Å². The average Bonchev–Trinajstić information content (AvgIpc) is 2.29. The Hall–Kier alpha value is -1.03. The summed E-state index contributed by atoms with van der Waals surface area (Å²) >= 11 is 0. The summed E-state index contributed by atoms with van der Waals surface area (Å²) in [5, 5.41) is 0. The molecule has 0 bridgehead atoms. The number of urea groups is 1. The molecule has 2 heterocycles. The first-order valence-corrected chi connectivity index (χ1v) is 5.54. The minimum atomic E-state index is 0.172. The molecule has 2 aliphatic heterocycles. The van der Waals surface area contributed by atoms with Crippen LogP contribution in [0.4, 0.5) is 4.79 Å². The van der Waals surface area contributed by atoms with E-state index in [0.717, 1.165) is 32.6 Å². The van der Waals surface area contributed by atoms with Gasteiger partial charge in [-0.05, 0) is 13.3 Å². The maximum atomic E-state index is 12.1.